The number of halogens is 1. The molecular formula is C15H15FN4O3. The monoisotopic (exact) mass is 318 g/mol. The third-order valence-corrected chi connectivity index (χ3v) is 3.99. The molecule has 2 heterocycles. The van der Waals surface area contributed by atoms with Crippen molar-refractivity contribution in [1.82, 2.24) is 19.9 Å². The lowest BCUT2D eigenvalue weighted by molar-refractivity contribution is -0.141. The van der Waals surface area contributed by atoms with E-state index in [4.69, 9.17) is 5.11 Å². The van der Waals surface area contributed by atoms with Gasteiger partial charge in [-0.15, -0.1) is 5.10 Å². The number of benzene rings is 1. The summed E-state index contributed by atoms with van der Waals surface area (Å²) in [6, 6.07) is 5.69. The number of carboxylic acid groups (broad SMARTS) is 1. The van der Waals surface area contributed by atoms with Crippen LogP contribution in [-0.4, -0.2) is 50.0 Å². The van der Waals surface area contributed by atoms with Crippen LogP contribution >= 0.6 is 0 Å². The first-order valence-corrected chi connectivity index (χ1v) is 7.17. The molecule has 1 amide bonds. The lowest BCUT2D eigenvalue weighted by Gasteiger charge is -2.14. The summed E-state index contributed by atoms with van der Waals surface area (Å²) in [5.41, 5.74) is 1.31. The van der Waals surface area contributed by atoms with Crippen LogP contribution in [0.5, 0.6) is 0 Å². The molecule has 1 aromatic carbocycles. The molecule has 1 N–H and O–H groups in total. The Kier molecular flexibility index (Phi) is 3.81. The Labute approximate surface area is 131 Å². The zero-order valence-corrected chi connectivity index (χ0v) is 12.4. The number of likely N-dealkylation sites (tertiary alicyclic amines) is 1. The van der Waals surface area contributed by atoms with Crippen molar-refractivity contribution in [2.75, 3.05) is 13.1 Å². The minimum absolute atomic E-state index is 0.178. The van der Waals surface area contributed by atoms with E-state index in [9.17, 15) is 14.0 Å². The SMILES string of the molecule is Cc1c(C(=O)N2CCC(C(=O)O)C2)nnn1-c1ccc(F)cc1. The van der Waals surface area contributed by atoms with Crippen LogP contribution in [0.2, 0.25) is 0 Å². The molecule has 8 heteroatoms. The minimum atomic E-state index is -0.896. The summed E-state index contributed by atoms with van der Waals surface area (Å²) in [6.45, 7) is 2.26. The summed E-state index contributed by atoms with van der Waals surface area (Å²) in [4.78, 5) is 25.0. The lowest BCUT2D eigenvalue weighted by atomic mass is 10.1. The number of hydrogen-bond acceptors (Lipinski definition) is 4. The average molecular weight is 318 g/mol. The molecule has 0 aliphatic carbocycles. The second-order valence-electron chi connectivity index (χ2n) is 5.49. The van der Waals surface area contributed by atoms with E-state index < -0.39 is 11.9 Å². The van der Waals surface area contributed by atoms with E-state index in [1.807, 2.05) is 0 Å². The fourth-order valence-corrected chi connectivity index (χ4v) is 2.65. The quantitative estimate of drug-likeness (QED) is 0.920. The number of hydrogen-bond donors (Lipinski definition) is 1. The predicted molar refractivity (Wildman–Crippen MR) is 77.7 cm³/mol. The molecule has 2 aromatic rings. The highest BCUT2D eigenvalue weighted by atomic mass is 19.1. The molecule has 120 valence electrons. The molecule has 7 nitrogen and oxygen atoms in total. The van der Waals surface area contributed by atoms with Crippen LogP contribution in [0, 0.1) is 18.7 Å². The summed E-state index contributed by atoms with van der Waals surface area (Å²) in [5, 5.41) is 16.9. The standard InChI is InChI=1S/C15H15FN4O3/c1-9-13(14(21)19-7-6-10(8-19)15(22)23)17-18-20(9)12-4-2-11(16)3-5-12/h2-5,10H,6-8H2,1H3,(H,22,23). The van der Waals surface area contributed by atoms with E-state index in [1.54, 1.807) is 19.1 Å². The minimum Gasteiger partial charge on any atom is -0.481 e. The van der Waals surface area contributed by atoms with Gasteiger partial charge in [0.15, 0.2) is 5.69 Å². The summed E-state index contributed by atoms with van der Waals surface area (Å²) in [5.74, 6) is -2.13. The molecule has 0 radical (unpaired) electrons. The van der Waals surface area contributed by atoms with Crippen molar-refractivity contribution < 1.29 is 19.1 Å². The number of carbonyl (C=O) groups excluding carboxylic acids is 1. The van der Waals surface area contributed by atoms with Gasteiger partial charge in [-0.05, 0) is 37.6 Å². The van der Waals surface area contributed by atoms with Crippen LogP contribution in [0.1, 0.15) is 22.6 Å². The van der Waals surface area contributed by atoms with Crippen LogP contribution in [-0.2, 0) is 4.79 Å². The maximum absolute atomic E-state index is 13.0. The number of rotatable bonds is 3. The number of carboxylic acids is 1. The van der Waals surface area contributed by atoms with Gasteiger partial charge < -0.3 is 10.0 Å². The summed E-state index contributed by atoms with van der Waals surface area (Å²) in [6.07, 6.45) is 0.437. The van der Waals surface area contributed by atoms with Crippen molar-refractivity contribution in [2.45, 2.75) is 13.3 Å². The van der Waals surface area contributed by atoms with Crippen molar-refractivity contribution in [1.29, 1.82) is 0 Å². The Bertz CT molecular complexity index is 757. The lowest BCUT2D eigenvalue weighted by Crippen LogP contribution is -2.30. The highest BCUT2D eigenvalue weighted by Crippen LogP contribution is 2.20. The van der Waals surface area contributed by atoms with Crippen LogP contribution in [0.4, 0.5) is 4.39 Å². The molecule has 1 aromatic heterocycles. The molecular weight excluding hydrogens is 303 g/mol. The third kappa shape index (κ3) is 2.79. The van der Waals surface area contributed by atoms with E-state index in [0.717, 1.165) is 0 Å². The molecule has 0 saturated carbocycles. The number of amides is 1. The van der Waals surface area contributed by atoms with Gasteiger partial charge >= 0.3 is 5.97 Å². The van der Waals surface area contributed by atoms with Crippen LogP contribution in [0.3, 0.4) is 0 Å². The molecule has 3 rings (SSSR count). The first kappa shape index (κ1) is 15.1. The molecule has 1 unspecified atom stereocenters. The maximum atomic E-state index is 13.0. The fraction of sp³-hybridized carbons (Fsp3) is 0.333. The molecule has 0 spiro atoms. The van der Waals surface area contributed by atoms with Gasteiger partial charge in [-0.2, -0.15) is 0 Å². The van der Waals surface area contributed by atoms with E-state index in [0.29, 0.717) is 24.3 Å². The number of carbonyl (C=O) groups is 2. The van der Waals surface area contributed by atoms with Crippen LogP contribution in [0.25, 0.3) is 5.69 Å². The van der Waals surface area contributed by atoms with Gasteiger partial charge in [0.1, 0.15) is 5.82 Å². The molecule has 1 atom stereocenters. The van der Waals surface area contributed by atoms with Gasteiger partial charge in [-0.1, -0.05) is 5.21 Å². The van der Waals surface area contributed by atoms with Gasteiger partial charge in [0, 0.05) is 13.1 Å². The topological polar surface area (TPSA) is 88.3 Å². The summed E-state index contributed by atoms with van der Waals surface area (Å²) >= 11 is 0. The van der Waals surface area contributed by atoms with Crippen molar-refractivity contribution >= 4 is 11.9 Å². The van der Waals surface area contributed by atoms with Crippen molar-refractivity contribution in [3.8, 4) is 5.69 Å². The Morgan fingerprint density at radius 2 is 2.00 bits per heavy atom. The van der Waals surface area contributed by atoms with E-state index >= 15 is 0 Å². The average Bonchev–Trinajstić information content (AvgIpc) is 3.15. The second-order valence-corrected chi connectivity index (χ2v) is 5.49. The molecule has 1 saturated heterocycles. The second kappa shape index (κ2) is 5.79. The third-order valence-electron chi connectivity index (χ3n) is 3.99. The van der Waals surface area contributed by atoms with E-state index in [1.165, 1.54) is 21.7 Å². The number of nitrogens with zero attached hydrogens (tertiary/aromatic N) is 4. The first-order valence-electron chi connectivity index (χ1n) is 7.17. The maximum Gasteiger partial charge on any atom is 0.308 e. The van der Waals surface area contributed by atoms with Crippen LogP contribution in [0.15, 0.2) is 24.3 Å². The zero-order chi connectivity index (χ0) is 16.6. The summed E-state index contributed by atoms with van der Waals surface area (Å²) < 4.78 is 14.4. The normalized spacial score (nSPS) is 17.5. The van der Waals surface area contributed by atoms with Gasteiger partial charge in [0.05, 0.1) is 17.3 Å². The Morgan fingerprint density at radius 1 is 1.30 bits per heavy atom. The first-order chi connectivity index (χ1) is 11.0. The summed E-state index contributed by atoms with van der Waals surface area (Å²) in [7, 11) is 0. The highest BCUT2D eigenvalue weighted by molar-refractivity contribution is 5.94. The largest absolute Gasteiger partial charge is 0.481 e. The molecule has 0 bridgehead atoms. The predicted octanol–water partition coefficient (Wildman–Crippen LogP) is 1.26. The number of aliphatic carboxylic acids is 1. The van der Waals surface area contributed by atoms with Crippen molar-refractivity contribution in [3.63, 3.8) is 0 Å². The van der Waals surface area contributed by atoms with Crippen LogP contribution < -0.4 is 0 Å². The Balaban J connectivity index is 1.83. The molecule has 1 aliphatic rings. The van der Waals surface area contributed by atoms with E-state index in [2.05, 4.69) is 10.3 Å². The highest BCUT2D eigenvalue weighted by Gasteiger charge is 2.33. The molecule has 23 heavy (non-hydrogen) atoms. The smallest absolute Gasteiger partial charge is 0.308 e. The van der Waals surface area contributed by atoms with Gasteiger partial charge in [-0.3, -0.25) is 9.59 Å². The fourth-order valence-electron chi connectivity index (χ4n) is 2.65. The van der Waals surface area contributed by atoms with Crippen molar-refractivity contribution in [3.05, 3.63) is 41.5 Å². The van der Waals surface area contributed by atoms with Gasteiger partial charge in [-0.25, -0.2) is 9.07 Å². The van der Waals surface area contributed by atoms with Gasteiger partial charge in [0.2, 0.25) is 0 Å². The molecule has 1 fully saturated rings. The van der Waals surface area contributed by atoms with Gasteiger partial charge in [0.25, 0.3) is 5.91 Å². The number of aromatic nitrogens is 3. The molecule has 1 aliphatic heterocycles. The van der Waals surface area contributed by atoms with Crippen molar-refractivity contribution in [2.24, 2.45) is 5.92 Å². The van der Waals surface area contributed by atoms with E-state index in [-0.39, 0.29) is 24.0 Å². The Morgan fingerprint density at radius 3 is 2.61 bits per heavy atom. The Hall–Kier alpha value is -2.77. The zero-order valence-electron chi connectivity index (χ0n) is 12.4.